The molecule has 2 aliphatic heterocycles. The first-order chi connectivity index (χ1) is 12.2. The van der Waals surface area contributed by atoms with E-state index >= 15 is 0 Å². The highest BCUT2D eigenvalue weighted by atomic mass is 16.5. The van der Waals surface area contributed by atoms with E-state index in [-0.39, 0.29) is 24.3 Å². The smallest absolute Gasteiger partial charge is 0.248 e. The van der Waals surface area contributed by atoms with Crippen LogP contribution in [0, 0.1) is 5.92 Å². The van der Waals surface area contributed by atoms with Gasteiger partial charge in [0.05, 0.1) is 0 Å². The van der Waals surface area contributed by atoms with Crippen LogP contribution in [0.5, 0.6) is 0 Å². The molecule has 25 heavy (non-hydrogen) atoms. The van der Waals surface area contributed by atoms with Crippen LogP contribution in [0.2, 0.25) is 0 Å². The molecule has 3 rings (SSSR count). The fourth-order valence-corrected chi connectivity index (χ4v) is 3.43. The minimum Gasteiger partial charge on any atom is -0.375 e. The standard InChI is InChI=1S/C17H25N5O3/c1-25-13-15(23)20-7-3-14(4-8-20)16(24)21-9-11-22(12-10-21)17-18-5-2-6-19-17/h2,5-6,14H,3-4,7-13H2,1H3. The molecule has 8 heteroatoms. The van der Waals surface area contributed by atoms with Crippen LogP contribution < -0.4 is 4.90 Å². The van der Waals surface area contributed by atoms with Crippen molar-refractivity contribution in [1.29, 1.82) is 0 Å². The molecule has 2 aliphatic rings. The lowest BCUT2D eigenvalue weighted by Crippen LogP contribution is -2.52. The number of anilines is 1. The summed E-state index contributed by atoms with van der Waals surface area (Å²) in [6, 6.07) is 1.80. The van der Waals surface area contributed by atoms with Gasteiger partial charge in [-0.15, -0.1) is 0 Å². The lowest BCUT2D eigenvalue weighted by Gasteiger charge is -2.38. The highest BCUT2D eigenvalue weighted by molar-refractivity contribution is 5.80. The molecule has 3 heterocycles. The number of hydrogen-bond acceptors (Lipinski definition) is 6. The van der Waals surface area contributed by atoms with Crippen molar-refractivity contribution < 1.29 is 14.3 Å². The van der Waals surface area contributed by atoms with E-state index in [4.69, 9.17) is 4.74 Å². The zero-order chi connectivity index (χ0) is 17.6. The van der Waals surface area contributed by atoms with Crippen molar-refractivity contribution in [2.24, 2.45) is 5.92 Å². The zero-order valence-corrected chi connectivity index (χ0v) is 14.6. The van der Waals surface area contributed by atoms with Crippen LogP contribution >= 0.6 is 0 Å². The van der Waals surface area contributed by atoms with Crippen LogP contribution in [0.3, 0.4) is 0 Å². The quantitative estimate of drug-likeness (QED) is 0.763. The third kappa shape index (κ3) is 4.25. The minimum atomic E-state index is 0.00451. The Morgan fingerprint density at radius 2 is 1.68 bits per heavy atom. The first-order valence-corrected chi connectivity index (χ1v) is 8.76. The van der Waals surface area contributed by atoms with Gasteiger partial charge in [0.1, 0.15) is 6.61 Å². The molecular weight excluding hydrogens is 322 g/mol. The van der Waals surface area contributed by atoms with E-state index in [1.165, 1.54) is 7.11 Å². The van der Waals surface area contributed by atoms with Gasteiger partial charge in [0.15, 0.2) is 0 Å². The second-order valence-electron chi connectivity index (χ2n) is 6.45. The Morgan fingerprint density at radius 3 is 2.28 bits per heavy atom. The highest BCUT2D eigenvalue weighted by Gasteiger charge is 2.31. The zero-order valence-electron chi connectivity index (χ0n) is 14.6. The maximum Gasteiger partial charge on any atom is 0.248 e. The van der Waals surface area contributed by atoms with Gasteiger partial charge in [-0.3, -0.25) is 9.59 Å². The molecule has 2 saturated heterocycles. The maximum atomic E-state index is 12.7. The number of methoxy groups -OCH3 is 1. The van der Waals surface area contributed by atoms with Gasteiger partial charge in [0.2, 0.25) is 17.8 Å². The molecule has 0 bridgehead atoms. The summed E-state index contributed by atoms with van der Waals surface area (Å²) in [4.78, 5) is 39.0. The number of carbonyl (C=O) groups is 2. The summed E-state index contributed by atoms with van der Waals surface area (Å²) in [5.41, 5.74) is 0. The number of likely N-dealkylation sites (tertiary alicyclic amines) is 1. The second-order valence-corrected chi connectivity index (χ2v) is 6.45. The number of piperazine rings is 1. The number of amides is 2. The van der Waals surface area contributed by atoms with Crippen LogP contribution in [0.15, 0.2) is 18.5 Å². The van der Waals surface area contributed by atoms with Crippen molar-refractivity contribution in [3.8, 4) is 0 Å². The van der Waals surface area contributed by atoms with Crippen molar-refractivity contribution >= 4 is 17.8 Å². The molecule has 2 fully saturated rings. The summed E-state index contributed by atoms with van der Waals surface area (Å²) in [6.07, 6.45) is 4.93. The van der Waals surface area contributed by atoms with Gasteiger partial charge in [-0.25, -0.2) is 9.97 Å². The van der Waals surface area contributed by atoms with E-state index < -0.39 is 0 Å². The van der Waals surface area contributed by atoms with Gasteiger partial charge in [0, 0.05) is 64.7 Å². The van der Waals surface area contributed by atoms with E-state index in [1.807, 2.05) is 4.90 Å². The number of piperidine rings is 1. The van der Waals surface area contributed by atoms with Gasteiger partial charge in [-0.05, 0) is 18.9 Å². The van der Waals surface area contributed by atoms with E-state index in [0.29, 0.717) is 26.2 Å². The summed E-state index contributed by atoms with van der Waals surface area (Å²) in [5.74, 6) is 0.961. The molecule has 0 atom stereocenters. The fraction of sp³-hybridized carbons (Fsp3) is 0.647. The van der Waals surface area contributed by atoms with Crippen LogP contribution in [0.1, 0.15) is 12.8 Å². The molecule has 1 aromatic rings. The van der Waals surface area contributed by atoms with E-state index in [2.05, 4.69) is 14.9 Å². The van der Waals surface area contributed by atoms with E-state index in [1.54, 1.807) is 23.4 Å². The molecule has 2 amide bonds. The molecule has 0 aliphatic carbocycles. The summed E-state index contributed by atoms with van der Waals surface area (Å²) < 4.78 is 4.89. The fourth-order valence-electron chi connectivity index (χ4n) is 3.43. The number of hydrogen-bond donors (Lipinski definition) is 0. The molecule has 0 saturated carbocycles. The lowest BCUT2D eigenvalue weighted by atomic mass is 9.95. The summed E-state index contributed by atoms with van der Waals surface area (Å²) in [7, 11) is 1.52. The van der Waals surface area contributed by atoms with E-state index in [0.717, 1.165) is 31.9 Å². The van der Waals surface area contributed by atoms with Gasteiger partial charge >= 0.3 is 0 Å². The van der Waals surface area contributed by atoms with Crippen molar-refractivity contribution in [1.82, 2.24) is 19.8 Å². The third-order valence-corrected chi connectivity index (χ3v) is 4.89. The monoisotopic (exact) mass is 347 g/mol. The third-order valence-electron chi connectivity index (χ3n) is 4.89. The molecule has 8 nitrogen and oxygen atoms in total. The van der Waals surface area contributed by atoms with Gasteiger partial charge in [-0.2, -0.15) is 0 Å². The molecule has 1 aromatic heterocycles. The van der Waals surface area contributed by atoms with Crippen LogP contribution in [0.25, 0.3) is 0 Å². The number of aromatic nitrogens is 2. The second kappa shape index (κ2) is 8.24. The van der Waals surface area contributed by atoms with Crippen molar-refractivity contribution in [3.63, 3.8) is 0 Å². The van der Waals surface area contributed by atoms with Crippen LogP contribution in [0.4, 0.5) is 5.95 Å². The van der Waals surface area contributed by atoms with Crippen LogP contribution in [-0.4, -0.2) is 84.6 Å². The molecule has 0 aromatic carbocycles. The molecular formula is C17H25N5O3. The largest absolute Gasteiger partial charge is 0.375 e. The molecule has 0 radical (unpaired) electrons. The van der Waals surface area contributed by atoms with Crippen molar-refractivity contribution in [2.45, 2.75) is 12.8 Å². The Kier molecular flexibility index (Phi) is 5.80. The van der Waals surface area contributed by atoms with E-state index in [9.17, 15) is 9.59 Å². The normalized spacial score (nSPS) is 19.2. The number of nitrogens with zero attached hydrogens (tertiary/aromatic N) is 5. The van der Waals surface area contributed by atoms with Gasteiger partial charge < -0.3 is 19.4 Å². The average molecular weight is 347 g/mol. The summed E-state index contributed by atoms with van der Waals surface area (Å²) in [6.45, 7) is 4.27. The summed E-state index contributed by atoms with van der Waals surface area (Å²) in [5, 5.41) is 0. The molecule has 0 unspecified atom stereocenters. The average Bonchev–Trinajstić information content (AvgIpc) is 2.68. The first-order valence-electron chi connectivity index (χ1n) is 8.76. The van der Waals surface area contributed by atoms with Gasteiger partial charge in [0.25, 0.3) is 0 Å². The van der Waals surface area contributed by atoms with Crippen molar-refractivity contribution in [2.75, 3.05) is 57.9 Å². The number of carbonyl (C=O) groups excluding carboxylic acids is 2. The highest BCUT2D eigenvalue weighted by Crippen LogP contribution is 2.21. The summed E-state index contributed by atoms with van der Waals surface area (Å²) >= 11 is 0. The first kappa shape index (κ1) is 17.6. The Morgan fingerprint density at radius 1 is 1.04 bits per heavy atom. The van der Waals surface area contributed by atoms with Crippen LogP contribution in [-0.2, 0) is 14.3 Å². The predicted octanol–water partition coefficient (Wildman–Crippen LogP) is 0.0102. The Balaban J connectivity index is 1.46. The SMILES string of the molecule is COCC(=O)N1CCC(C(=O)N2CCN(c3ncccn3)CC2)CC1. The predicted molar refractivity (Wildman–Crippen MR) is 92.0 cm³/mol. The molecule has 0 N–H and O–H groups in total. The number of rotatable bonds is 4. The Hall–Kier alpha value is -2.22. The molecule has 0 spiro atoms. The molecule has 136 valence electrons. The Bertz CT molecular complexity index is 581. The van der Waals surface area contributed by atoms with Gasteiger partial charge in [-0.1, -0.05) is 0 Å². The topological polar surface area (TPSA) is 78.9 Å². The maximum absolute atomic E-state index is 12.7. The number of ether oxygens (including phenoxy) is 1. The lowest BCUT2D eigenvalue weighted by molar-refractivity contribution is -0.142. The van der Waals surface area contributed by atoms with Crippen molar-refractivity contribution in [3.05, 3.63) is 18.5 Å². The Labute approximate surface area is 147 Å². The minimum absolute atomic E-state index is 0.00451.